The molecule has 4 aromatic carbocycles. The Morgan fingerprint density at radius 3 is 2.10 bits per heavy atom. The Bertz CT molecular complexity index is 1620. The van der Waals surface area contributed by atoms with E-state index in [2.05, 4.69) is 0 Å². The molecule has 4 aromatic rings. The van der Waals surface area contributed by atoms with Crippen LogP contribution in [0, 0.1) is 0 Å². The molecule has 0 fully saturated rings. The summed E-state index contributed by atoms with van der Waals surface area (Å²) in [7, 11) is 0. The van der Waals surface area contributed by atoms with Gasteiger partial charge in [0.25, 0.3) is 11.8 Å². The predicted molar refractivity (Wildman–Crippen MR) is 153 cm³/mol. The molecule has 0 atom stereocenters. The minimum Gasteiger partial charge on any atom is -0.489 e. The van der Waals surface area contributed by atoms with Crippen LogP contribution in [0.3, 0.4) is 0 Å². The number of fused-ring (bicyclic) bond motifs is 2. The standard InChI is InChI=1S/C32H28ClNO6/c1-4-38-26(35)17-21-14-15-25(24(33)16-21)34-31(36)27-28(32(34)37)30(40-19(2)3)23-13-9-8-12-22(23)29(27)39-18-20-10-6-5-7-11-20/h5-16,19H,4,17-18H2,1-3H3. The number of anilines is 1. The smallest absolute Gasteiger partial charge is 0.310 e. The molecule has 0 bridgehead atoms. The third-order valence-corrected chi connectivity index (χ3v) is 6.74. The molecule has 7 nitrogen and oxygen atoms in total. The van der Waals surface area contributed by atoms with Crippen molar-refractivity contribution >= 4 is 45.8 Å². The van der Waals surface area contributed by atoms with E-state index in [9.17, 15) is 14.4 Å². The lowest BCUT2D eigenvalue weighted by Crippen LogP contribution is -2.30. The zero-order valence-corrected chi connectivity index (χ0v) is 23.2. The van der Waals surface area contributed by atoms with Crippen LogP contribution < -0.4 is 14.4 Å². The van der Waals surface area contributed by atoms with Crippen molar-refractivity contribution < 1.29 is 28.6 Å². The molecule has 1 aliphatic heterocycles. The Labute approximate surface area is 237 Å². The SMILES string of the molecule is CCOC(=O)Cc1ccc(N2C(=O)c3c(c(OC(C)C)c4ccccc4c3OCc3ccccc3)C2=O)c(Cl)c1. The van der Waals surface area contributed by atoms with E-state index in [-0.39, 0.29) is 47.6 Å². The van der Waals surface area contributed by atoms with Crippen LogP contribution >= 0.6 is 11.6 Å². The highest BCUT2D eigenvalue weighted by Crippen LogP contribution is 2.47. The number of halogens is 1. The minimum absolute atomic E-state index is 0.0190. The molecule has 0 saturated heterocycles. The molecule has 0 unspecified atom stereocenters. The summed E-state index contributed by atoms with van der Waals surface area (Å²) in [6.07, 6.45) is -0.239. The first-order valence-electron chi connectivity index (χ1n) is 13.0. The number of nitrogens with zero attached hydrogens (tertiary/aromatic N) is 1. The predicted octanol–water partition coefficient (Wildman–Crippen LogP) is 6.77. The van der Waals surface area contributed by atoms with E-state index in [0.717, 1.165) is 10.5 Å². The molecule has 8 heteroatoms. The molecule has 40 heavy (non-hydrogen) atoms. The molecule has 0 aromatic heterocycles. The summed E-state index contributed by atoms with van der Waals surface area (Å²) in [5.41, 5.74) is 1.98. The molecule has 1 aliphatic rings. The molecule has 0 radical (unpaired) electrons. The quantitative estimate of drug-likeness (QED) is 0.167. The molecule has 0 spiro atoms. The summed E-state index contributed by atoms with van der Waals surface area (Å²) in [6, 6.07) is 21.7. The topological polar surface area (TPSA) is 82.1 Å². The molecule has 1 heterocycles. The number of carbonyl (C=O) groups is 3. The molecule has 0 N–H and O–H groups in total. The lowest BCUT2D eigenvalue weighted by molar-refractivity contribution is -0.142. The number of esters is 1. The summed E-state index contributed by atoms with van der Waals surface area (Å²) in [5, 5.41) is 1.47. The Balaban J connectivity index is 1.63. The van der Waals surface area contributed by atoms with E-state index in [4.69, 9.17) is 25.8 Å². The van der Waals surface area contributed by atoms with Crippen molar-refractivity contribution in [1.29, 1.82) is 0 Å². The highest BCUT2D eigenvalue weighted by atomic mass is 35.5. The van der Waals surface area contributed by atoms with Gasteiger partial charge in [-0.1, -0.05) is 72.3 Å². The fourth-order valence-corrected chi connectivity index (χ4v) is 5.06. The van der Waals surface area contributed by atoms with Crippen LogP contribution in [0.15, 0.2) is 72.8 Å². The van der Waals surface area contributed by atoms with Crippen LogP contribution in [0.25, 0.3) is 10.8 Å². The van der Waals surface area contributed by atoms with Gasteiger partial charge in [-0.3, -0.25) is 14.4 Å². The second-order valence-electron chi connectivity index (χ2n) is 9.61. The zero-order chi connectivity index (χ0) is 28.4. The molecular weight excluding hydrogens is 530 g/mol. The van der Waals surface area contributed by atoms with Gasteiger partial charge >= 0.3 is 5.97 Å². The maximum atomic E-state index is 14.1. The van der Waals surface area contributed by atoms with Crippen molar-refractivity contribution in [1.82, 2.24) is 0 Å². The van der Waals surface area contributed by atoms with E-state index in [1.54, 1.807) is 25.1 Å². The third kappa shape index (κ3) is 5.12. The number of amides is 2. The first kappa shape index (κ1) is 27.2. The van der Waals surface area contributed by atoms with Crippen molar-refractivity contribution in [3.05, 3.63) is 100 Å². The van der Waals surface area contributed by atoms with Gasteiger partial charge < -0.3 is 14.2 Å². The van der Waals surface area contributed by atoms with Crippen LogP contribution in [0.4, 0.5) is 5.69 Å². The van der Waals surface area contributed by atoms with E-state index < -0.39 is 17.8 Å². The fourth-order valence-electron chi connectivity index (χ4n) is 4.78. The Hall–Kier alpha value is -4.36. The number of rotatable bonds is 9. The van der Waals surface area contributed by atoms with Gasteiger partial charge in [0.2, 0.25) is 0 Å². The number of carbonyl (C=O) groups excluding carboxylic acids is 3. The maximum absolute atomic E-state index is 14.1. The van der Waals surface area contributed by atoms with Crippen molar-refractivity contribution in [3.8, 4) is 11.5 Å². The van der Waals surface area contributed by atoms with Gasteiger partial charge in [0.15, 0.2) is 0 Å². The number of hydrogen-bond donors (Lipinski definition) is 0. The van der Waals surface area contributed by atoms with Crippen molar-refractivity contribution in [3.63, 3.8) is 0 Å². The maximum Gasteiger partial charge on any atom is 0.310 e. The van der Waals surface area contributed by atoms with Crippen molar-refractivity contribution in [2.45, 2.75) is 39.9 Å². The van der Waals surface area contributed by atoms with Gasteiger partial charge in [-0.15, -0.1) is 0 Å². The zero-order valence-electron chi connectivity index (χ0n) is 22.4. The highest BCUT2D eigenvalue weighted by Gasteiger charge is 2.44. The summed E-state index contributed by atoms with van der Waals surface area (Å²) in [6.45, 7) is 5.92. The normalized spacial score (nSPS) is 12.7. The average molecular weight is 558 g/mol. The van der Waals surface area contributed by atoms with Crippen LogP contribution in [0.5, 0.6) is 11.5 Å². The van der Waals surface area contributed by atoms with Gasteiger partial charge in [-0.2, -0.15) is 0 Å². The summed E-state index contributed by atoms with van der Waals surface area (Å²) >= 11 is 6.59. The highest BCUT2D eigenvalue weighted by molar-refractivity contribution is 6.41. The van der Waals surface area contributed by atoms with Crippen molar-refractivity contribution in [2.75, 3.05) is 11.5 Å². The molecule has 204 valence electrons. The summed E-state index contributed by atoms with van der Waals surface area (Å²) < 4.78 is 17.5. The summed E-state index contributed by atoms with van der Waals surface area (Å²) in [4.78, 5) is 41.1. The van der Waals surface area contributed by atoms with Gasteiger partial charge in [0.05, 0.1) is 41.0 Å². The largest absolute Gasteiger partial charge is 0.489 e. The lowest BCUT2D eigenvalue weighted by atomic mass is 9.98. The molecule has 2 amide bonds. The second-order valence-corrected chi connectivity index (χ2v) is 10.0. The van der Waals surface area contributed by atoms with E-state index in [0.29, 0.717) is 27.8 Å². The number of benzene rings is 4. The van der Waals surface area contributed by atoms with Crippen LogP contribution in [0.1, 0.15) is 52.6 Å². The number of hydrogen-bond acceptors (Lipinski definition) is 6. The first-order chi connectivity index (χ1) is 19.3. The molecule has 0 aliphatic carbocycles. The second kappa shape index (κ2) is 11.4. The van der Waals surface area contributed by atoms with Gasteiger partial charge in [0, 0.05) is 10.8 Å². The Morgan fingerprint density at radius 1 is 0.850 bits per heavy atom. The number of ether oxygens (including phenoxy) is 3. The Morgan fingerprint density at radius 2 is 1.48 bits per heavy atom. The minimum atomic E-state index is -0.567. The monoisotopic (exact) mass is 557 g/mol. The first-order valence-corrected chi connectivity index (χ1v) is 13.4. The van der Waals surface area contributed by atoms with E-state index in [1.165, 1.54) is 0 Å². The fraction of sp³-hybridized carbons (Fsp3) is 0.219. The average Bonchev–Trinajstić information content (AvgIpc) is 3.18. The number of imide groups is 1. The molecule has 0 saturated carbocycles. The summed E-state index contributed by atoms with van der Waals surface area (Å²) in [5.74, 6) is -0.895. The van der Waals surface area contributed by atoms with Gasteiger partial charge in [0.1, 0.15) is 18.1 Å². The van der Waals surface area contributed by atoms with Crippen LogP contribution in [-0.4, -0.2) is 30.5 Å². The molecular formula is C32H28ClNO6. The third-order valence-electron chi connectivity index (χ3n) is 6.44. The lowest BCUT2D eigenvalue weighted by Gasteiger charge is -2.19. The van der Waals surface area contributed by atoms with E-state index in [1.807, 2.05) is 68.4 Å². The van der Waals surface area contributed by atoms with E-state index >= 15 is 0 Å². The van der Waals surface area contributed by atoms with Crippen LogP contribution in [0.2, 0.25) is 5.02 Å². The van der Waals surface area contributed by atoms with Gasteiger partial charge in [-0.05, 0) is 44.0 Å². The Kier molecular flexibility index (Phi) is 7.76. The molecule has 5 rings (SSSR count). The van der Waals surface area contributed by atoms with Crippen LogP contribution in [-0.2, 0) is 22.6 Å². The van der Waals surface area contributed by atoms with Crippen molar-refractivity contribution in [2.24, 2.45) is 0 Å². The van der Waals surface area contributed by atoms with Gasteiger partial charge in [-0.25, -0.2) is 4.90 Å².